The molecule has 3 heteroatoms. The van der Waals surface area contributed by atoms with E-state index in [1.165, 1.54) is 12.1 Å². The minimum absolute atomic E-state index is 0.182. The van der Waals surface area contributed by atoms with Crippen LogP contribution < -0.4 is 0 Å². The van der Waals surface area contributed by atoms with Gasteiger partial charge in [0, 0.05) is 19.0 Å². The average molecular weight is 230 g/mol. The number of nitrogens with zero attached hydrogens (tertiary/aromatic N) is 1. The molecule has 0 aromatic heterocycles. The van der Waals surface area contributed by atoms with E-state index >= 15 is 0 Å². The van der Waals surface area contributed by atoms with Crippen molar-refractivity contribution in [1.82, 2.24) is 4.90 Å². The van der Waals surface area contributed by atoms with E-state index in [-0.39, 0.29) is 5.82 Å². The zero-order chi connectivity index (χ0) is 11.1. The van der Waals surface area contributed by atoms with Gasteiger partial charge in [-0.25, -0.2) is 4.39 Å². The van der Waals surface area contributed by atoms with Crippen LogP contribution in [0.15, 0.2) is 24.3 Å². The lowest BCUT2D eigenvalue weighted by Crippen LogP contribution is -2.26. The van der Waals surface area contributed by atoms with Crippen LogP contribution in [-0.4, -0.2) is 23.9 Å². The van der Waals surface area contributed by atoms with Crippen molar-refractivity contribution in [3.05, 3.63) is 35.6 Å². The first-order valence-electron chi connectivity index (χ1n) is 5.29. The Balaban J connectivity index is 2.53. The van der Waals surface area contributed by atoms with Crippen molar-refractivity contribution < 1.29 is 4.39 Å². The van der Waals surface area contributed by atoms with E-state index in [0.717, 1.165) is 31.6 Å². The number of rotatable bonds is 6. The highest BCUT2D eigenvalue weighted by Crippen LogP contribution is 2.07. The standard InChI is InChI=1S/C12H17ClFN/c1-2-8-15(9-7-13)10-11-3-5-12(14)6-4-11/h3-6H,2,7-10H2,1H3. The maximum absolute atomic E-state index is 12.7. The van der Waals surface area contributed by atoms with Crippen molar-refractivity contribution in [1.29, 1.82) is 0 Å². The molecule has 0 amide bonds. The summed E-state index contributed by atoms with van der Waals surface area (Å²) in [5, 5.41) is 0. The Morgan fingerprint density at radius 2 is 1.87 bits per heavy atom. The second kappa shape index (κ2) is 6.81. The molecule has 1 rings (SSSR count). The molecule has 1 aromatic carbocycles. The molecule has 0 radical (unpaired) electrons. The number of benzene rings is 1. The summed E-state index contributed by atoms with van der Waals surface area (Å²) < 4.78 is 12.7. The van der Waals surface area contributed by atoms with E-state index in [2.05, 4.69) is 11.8 Å². The van der Waals surface area contributed by atoms with E-state index < -0.39 is 0 Å². The summed E-state index contributed by atoms with van der Waals surface area (Å²) in [5.74, 6) is 0.458. The van der Waals surface area contributed by atoms with Crippen LogP contribution in [0.1, 0.15) is 18.9 Å². The van der Waals surface area contributed by atoms with Crippen molar-refractivity contribution in [2.24, 2.45) is 0 Å². The zero-order valence-corrected chi connectivity index (χ0v) is 9.80. The van der Waals surface area contributed by atoms with Gasteiger partial charge in [-0.05, 0) is 30.7 Å². The molecule has 0 aliphatic heterocycles. The fraction of sp³-hybridized carbons (Fsp3) is 0.500. The maximum atomic E-state index is 12.7. The van der Waals surface area contributed by atoms with Gasteiger partial charge in [0.1, 0.15) is 5.82 Å². The quantitative estimate of drug-likeness (QED) is 0.677. The number of halogens is 2. The van der Waals surface area contributed by atoms with Gasteiger partial charge in [0.25, 0.3) is 0 Å². The molecule has 0 aliphatic rings. The predicted octanol–water partition coefficient (Wildman–Crippen LogP) is 3.28. The third-order valence-corrected chi connectivity index (χ3v) is 2.43. The lowest BCUT2D eigenvalue weighted by Gasteiger charge is -2.20. The van der Waals surface area contributed by atoms with Gasteiger partial charge in [0.2, 0.25) is 0 Å². The molecule has 84 valence electrons. The Morgan fingerprint density at radius 1 is 1.20 bits per heavy atom. The smallest absolute Gasteiger partial charge is 0.123 e. The van der Waals surface area contributed by atoms with Crippen LogP contribution in [0.5, 0.6) is 0 Å². The van der Waals surface area contributed by atoms with Crippen LogP contribution >= 0.6 is 11.6 Å². The lowest BCUT2D eigenvalue weighted by atomic mass is 10.2. The second-order valence-electron chi connectivity index (χ2n) is 3.59. The van der Waals surface area contributed by atoms with Crippen molar-refractivity contribution in [3.63, 3.8) is 0 Å². The van der Waals surface area contributed by atoms with Crippen LogP contribution in [0.2, 0.25) is 0 Å². The summed E-state index contributed by atoms with van der Waals surface area (Å²) in [4.78, 5) is 2.28. The molecular formula is C12H17ClFN. The third kappa shape index (κ3) is 4.63. The molecule has 0 fully saturated rings. The van der Waals surface area contributed by atoms with Crippen LogP contribution in [0.4, 0.5) is 4.39 Å². The second-order valence-corrected chi connectivity index (χ2v) is 3.97. The monoisotopic (exact) mass is 229 g/mol. The topological polar surface area (TPSA) is 3.24 Å². The fourth-order valence-electron chi connectivity index (χ4n) is 1.55. The van der Waals surface area contributed by atoms with Gasteiger partial charge in [-0.3, -0.25) is 4.90 Å². The van der Waals surface area contributed by atoms with Gasteiger partial charge >= 0.3 is 0 Å². The molecule has 1 aromatic rings. The van der Waals surface area contributed by atoms with Crippen molar-refractivity contribution in [2.75, 3.05) is 19.0 Å². The summed E-state index contributed by atoms with van der Waals surface area (Å²) in [7, 11) is 0. The Morgan fingerprint density at radius 3 is 2.40 bits per heavy atom. The molecule has 0 heterocycles. The average Bonchev–Trinajstić information content (AvgIpc) is 2.22. The van der Waals surface area contributed by atoms with Gasteiger partial charge in [0.15, 0.2) is 0 Å². The number of hydrogen-bond acceptors (Lipinski definition) is 1. The van der Waals surface area contributed by atoms with Crippen LogP contribution in [0.3, 0.4) is 0 Å². The van der Waals surface area contributed by atoms with Gasteiger partial charge in [-0.15, -0.1) is 11.6 Å². The molecule has 0 saturated carbocycles. The molecule has 0 spiro atoms. The molecule has 0 bridgehead atoms. The lowest BCUT2D eigenvalue weighted by molar-refractivity contribution is 0.282. The first-order valence-corrected chi connectivity index (χ1v) is 5.82. The van der Waals surface area contributed by atoms with Gasteiger partial charge in [-0.1, -0.05) is 19.1 Å². The highest BCUT2D eigenvalue weighted by molar-refractivity contribution is 6.18. The minimum Gasteiger partial charge on any atom is -0.298 e. The third-order valence-electron chi connectivity index (χ3n) is 2.26. The van der Waals surface area contributed by atoms with E-state index in [1.54, 1.807) is 0 Å². The summed E-state index contributed by atoms with van der Waals surface area (Å²) in [6.45, 7) is 4.91. The Kier molecular flexibility index (Phi) is 5.66. The Hall–Kier alpha value is -0.600. The minimum atomic E-state index is -0.182. The Labute approximate surface area is 95.8 Å². The van der Waals surface area contributed by atoms with Gasteiger partial charge < -0.3 is 0 Å². The summed E-state index contributed by atoms with van der Waals surface area (Å²) >= 11 is 5.72. The first kappa shape index (κ1) is 12.5. The van der Waals surface area contributed by atoms with Gasteiger partial charge in [-0.2, -0.15) is 0 Å². The SMILES string of the molecule is CCCN(CCCl)Cc1ccc(F)cc1. The summed E-state index contributed by atoms with van der Waals surface area (Å²) in [6, 6.07) is 6.65. The molecule has 0 unspecified atom stereocenters. The molecule has 0 atom stereocenters. The molecule has 0 N–H and O–H groups in total. The van der Waals surface area contributed by atoms with E-state index in [4.69, 9.17) is 11.6 Å². The molecule has 1 nitrogen and oxygen atoms in total. The van der Waals surface area contributed by atoms with E-state index in [0.29, 0.717) is 5.88 Å². The maximum Gasteiger partial charge on any atom is 0.123 e. The van der Waals surface area contributed by atoms with Crippen LogP contribution in [0, 0.1) is 5.82 Å². The highest BCUT2D eigenvalue weighted by atomic mass is 35.5. The zero-order valence-electron chi connectivity index (χ0n) is 9.05. The molecule has 0 aliphatic carbocycles. The number of hydrogen-bond donors (Lipinski definition) is 0. The van der Waals surface area contributed by atoms with E-state index in [9.17, 15) is 4.39 Å². The first-order chi connectivity index (χ1) is 7.26. The van der Waals surface area contributed by atoms with Crippen molar-refractivity contribution >= 4 is 11.6 Å². The van der Waals surface area contributed by atoms with Crippen LogP contribution in [-0.2, 0) is 6.54 Å². The molecule has 15 heavy (non-hydrogen) atoms. The van der Waals surface area contributed by atoms with Crippen molar-refractivity contribution in [3.8, 4) is 0 Å². The van der Waals surface area contributed by atoms with Gasteiger partial charge in [0.05, 0.1) is 0 Å². The van der Waals surface area contributed by atoms with E-state index in [1.807, 2.05) is 12.1 Å². The number of alkyl halides is 1. The summed E-state index contributed by atoms with van der Waals surface area (Å²) in [6.07, 6.45) is 1.11. The molecule has 0 saturated heterocycles. The largest absolute Gasteiger partial charge is 0.298 e. The predicted molar refractivity (Wildman–Crippen MR) is 62.7 cm³/mol. The Bertz CT molecular complexity index is 267. The fourth-order valence-corrected chi connectivity index (χ4v) is 1.79. The van der Waals surface area contributed by atoms with Crippen molar-refractivity contribution in [2.45, 2.75) is 19.9 Å². The van der Waals surface area contributed by atoms with Crippen LogP contribution in [0.25, 0.3) is 0 Å². The normalized spacial score (nSPS) is 10.9. The summed E-state index contributed by atoms with van der Waals surface area (Å²) in [5.41, 5.74) is 1.13. The highest BCUT2D eigenvalue weighted by Gasteiger charge is 2.03. The molecular weight excluding hydrogens is 213 g/mol.